The summed E-state index contributed by atoms with van der Waals surface area (Å²) in [4.78, 5) is 0. The molecule has 0 bridgehead atoms. The Morgan fingerprint density at radius 3 is 2.67 bits per heavy atom. The van der Waals surface area contributed by atoms with Crippen LogP contribution in [0.25, 0.3) is 0 Å². The molecule has 1 spiro atoms. The summed E-state index contributed by atoms with van der Waals surface area (Å²) in [6.07, 6.45) is 1.76. The second-order valence-corrected chi connectivity index (χ2v) is 3.31. The lowest BCUT2D eigenvalue weighted by Gasteiger charge is -2.31. The van der Waals surface area contributed by atoms with Crippen molar-refractivity contribution in [2.45, 2.75) is 24.7 Å². The smallest absolute Gasteiger partial charge is 0.173 e. The summed E-state index contributed by atoms with van der Waals surface area (Å²) >= 11 is 0. The van der Waals surface area contributed by atoms with Gasteiger partial charge < -0.3 is 19.9 Å². The van der Waals surface area contributed by atoms with Gasteiger partial charge in [-0.05, 0) is 0 Å². The van der Waals surface area contributed by atoms with E-state index in [2.05, 4.69) is 0 Å². The molecule has 2 rings (SSSR count). The van der Waals surface area contributed by atoms with Crippen LogP contribution in [0.2, 0.25) is 0 Å². The van der Waals surface area contributed by atoms with Gasteiger partial charge in [0.2, 0.25) is 0 Å². The van der Waals surface area contributed by atoms with Crippen LogP contribution >= 0.6 is 0 Å². The number of hydrogen-bond donors (Lipinski definition) is 1. The quantitative estimate of drug-likeness (QED) is 0.600. The number of hydrogen-bond acceptors (Lipinski definition) is 4. The molecule has 0 aliphatic carbocycles. The lowest BCUT2D eigenvalue weighted by molar-refractivity contribution is -0.210. The van der Waals surface area contributed by atoms with Crippen molar-refractivity contribution in [3.63, 3.8) is 0 Å². The molecule has 0 amide bonds. The maximum Gasteiger partial charge on any atom is 0.173 e. The molecular weight excluding hydrogens is 158 g/mol. The fraction of sp³-hybridized carbons (Fsp3) is 1.00. The third kappa shape index (κ3) is 1.47. The third-order valence-corrected chi connectivity index (χ3v) is 2.43. The van der Waals surface area contributed by atoms with Crippen LogP contribution in [-0.2, 0) is 14.2 Å². The van der Waals surface area contributed by atoms with Crippen LogP contribution in [0.1, 0.15) is 12.8 Å². The van der Waals surface area contributed by atoms with E-state index in [-0.39, 0.29) is 11.9 Å². The van der Waals surface area contributed by atoms with Crippen LogP contribution in [0, 0.1) is 0 Å². The first-order valence-corrected chi connectivity index (χ1v) is 4.44. The Labute approximate surface area is 72.0 Å². The Balaban J connectivity index is 1.94. The normalized spacial score (nSPS) is 34.2. The lowest BCUT2D eigenvalue weighted by atomic mass is 10.1. The first-order chi connectivity index (χ1) is 5.85. The van der Waals surface area contributed by atoms with Gasteiger partial charge >= 0.3 is 0 Å². The molecule has 0 aromatic carbocycles. The van der Waals surface area contributed by atoms with E-state index in [0.29, 0.717) is 13.2 Å². The average molecular weight is 173 g/mol. The fourth-order valence-electron chi connectivity index (χ4n) is 1.68. The molecule has 2 fully saturated rings. The summed E-state index contributed by atoms with van der Waals surface area (Å²) in [6.45, 7) is 2.65. The molecule has 2 N–H and O–H groups in total. The molecule has 4 heteroatoms. The third-order valence-electron chi connectivity index (χ3n) is 2.43. The van der Waals surface area contributed by atoms with Crippen LogP contribution in [0.3, 0.4) is 0 Å². The van der Waals surface area contributed by atoms with Gasteiger partial charge in [0, 0.05) is 19.4 Å². The van der Waals surface area contributed by atoms with Gasteiger partial charge in [-0.2, -0.15) is 0 Å². The molecule has 70 valence electrons. The zero-order valence-electron chi connectivity index (χ0n) is 7.12. The predicted octanol–water partition coefficient (Wildman–Crippen LogP) is -0.133. The summed E-state index contributed by atoms with van der Waals surface area (Å²) in [6, 6.07) is 0. The number of rotatable bonds is 1. The molecule has 0 radical (unpaired) electrons. The van der Waals surface area contributed by atoms with E-state index in [1.807, 2.05) is 0 Å². The largest absolute Gasteiger partial charge is 0.381 e. The van der Waals surface area contributed by atoms with Crippen molar-refractivity contribution in [3.05, 3.63) is 0 Å². The van der Waals surface area contributed by atoms with E-state index in [9.17, 15) is 0 Å². The molecule has 4 nitrogen and oxygen atoms in total. The van der Waals surface area contributed by atoms with Crippen molar-refractivity contribution in [1.29, 1.82) is 0 Å². The molecule has 2 heterocycles. The van der Waals surface area contributed by atoms with Crippen LogP contribution in [-0.4, -0.2) is 38.3 Å². The van der Waals surface area contributed by atoms with E-state index in [4.69, 9.17) is 19.9 Å². The van der Waals surface area contributed by atoms with Gasteiger partial charge in [0.15, 0.2) is 5.79 Å². The van der Waals surface area contributed by atoms with Crippen molar-refractivity contribution >= 4 is 0 Å². The van der Waals surface area contributed by atoms with Crippen LogP contribution in [0.4, 0.5) is 0 Å². The molecule has 12 heavy (non-hydrogen) atoms. The van der Waals surface area contributed by atoms with Crippen LogP contribution in [0.15, 0.2) is 0 Å². The summed E-state index contributed by atoms with van der Waals surface area (Å²) in [7, 11) is 0. The minimum Gasteiger partial charge on any atom is -0.381 e. The molecule has 2 aliphatic heterocycles. The first-order valence-electron chi connectivity index (χ1n) is 4.44. The summed E-state index contributed by atoms with van der Waals surface area (Å²) in [5.74, 6) is -0.359. The first kappa shape index (κ1) is 8.44. The highest BCUT2D eigenvalue weighted by Crippen LogP contribution is 2.32. The Hall–Kier alpha value is -0.160. The highest BCUT2D eigenvalue weighted by molar-refractivity contribution is 4.81. The van der Waals surface area contributed by atoms with Gasteiger partial charge in [0.25, 0.3) is 0 Å². The topological polar surface area (TPSA) is 53.7 Å². The minimum absolute atomic E-state index is 0.0862. The molecule has 0 aromatic rings. The second kappa shape index (κ2) is 3.30. The van der Waals surface area contributed by atoms with Crippen molar-refractivity contribution < 1.29 is 14.2 Å². The highest BCUT2D eigenvalue weighted by Gasteiger charge is 2.42. The SMILES string of the molecule is NC[C@@H]1COC2(CCOCC2)O1. The maximum atomic E-state index is 5.71. The molecule has 2 aliphatic rings. The Kier molecular flexibility index (Phi) is 2.32. The lowest BCUT2D eigenvalue weighted by Crippen LogP contribution is -2.38. The standard InChI is InChI=1S/C8H15NO3/c9-5-7-6-11-8(12-7)1-3-10-4-2-8/h7H,1-6,9H2/t7-/m1/s1. The zero-order chi connectivity index (χ0) is 8.44. The van der Waals surface area contributed by atoms with E-state index in [0.717, 1.165) is 26.1 Å². The second-order valence-electron chi connectivity index (χ2n) is 3.31. The van der Waals surface area contributed by atoms with Gasteiger partial charge in [0.05, 0.1) is 25.9 Å². The van der Waals surface area contributed by atoms with Crippen LogP contribution in [0.5, 0.6) is 0 Å². The summed E-state index contributed by atoms with van der Waals surface area (Å²) in [5.41, 5.74) is 5.49. The van der Waals surface area contributed by atoms with Crippen molar-refractivity contribution in [1.82, 2.24) is 0 Å². The highest BCUT2D eigenvalue weighted by atomic mass is 16.7. The molecule has 1 atom stereocenters. The Bertz CT molecular complexity index is 156. The Morgan fingerprint density at radius 2 is 2.08 bits per heavy atom. The van der Waals surface area contributed by atoms with E-state index < -0.39 is 0 Å². The Morgan fingerprint density at radius 1 is 1.33 bits per heavy atom. The van der Waals surface area contributed by atoms with Gasteiger partial charge in [-0.3, -0.25) is 0 Å². The van der Waals surface area contributed by atoms with E-state index in [1.165, 1.54) is 0 Å². The van der Waals surface area contributed by atoms with Gasteiger partial charge in [-0.15, -0.1) is 0 Å². The van der Waals surface area contributed by atoms with Crippen molar-refractivity contribution in [3.8, 4) is 0 Å². The zero-order valence-corrected chi connectivity index (χ0v) is 7.12. The van der Waals surface area contributed by atoms with E-state index in [1.54, 1.807) is 0 Å². The van der Waals surface area contributed by atoms with Gasteiger partial charge in [-0.25, -0.2) is 0 Å². The minimum atomic E-state index is -0.359. The van der Waals surface area contributed by atoms with Crippen molar-refractivity contribution in [2.24, 2.45) is 5.73 Å². The predicted molar refractivity (Wildman–Crippen MR) is 42.7 cm³/mol. The number of nitrogens with two attached hydrogens (primary N) is 1. The summed E-state index contributed by atoms with van der Waals surface area (Å²) in [5, 5.41) is 0. The molecule has 0 unspecified atom stereocenters. The molecule has 2 saturated heterocycles. The maximum absolute atomic E-state index is 5.71. The average Bonchev–Trinajstić information content (AvgIpc) is 2.50. The molecule has 0 aromatic heterocycles. The van der Waals surface area contributed by atoms with E-state index >= 15 is 0 Å². The van der Waals surface area contributed by atoms with Gasteiger partial charge in [0.1, 0.15) is 0 Å². The monoisotopic (exact) mass is 173 g/mol. The summed E-state index contributed by atoms with van der Waals surface area (Å²) < 4.78 is 16.5. The van der Waals surface area contributed by atoms with Gasteiger partial charge in [-0.1, -0.05) is 0 Å². The molecular formula is C8H15NO3. The fourth-order valence-corrected chi connectivity index (χ4v) is 1.68. The van der Waals surface area contributed by atoms with Crippen LogP contribution < -0.4 is 5.73 Å². The van der Waals surface area contributed by atoms with Crippen molar-refractivity contribution in [2.75, 3.05) is 26.4 Å². The number of ether oxygens (including phenoxy) is 3. The molecule has 0 saturated carbocycles.